The lowest BCUT2D eigenvalue weighted by Gasteiger charge is -2.39. The molecule has 3 atom stereocenters. The Bertz CT molecular complexity index is 393. The van der Waals surface area contributed by atoms with Gasteiger partial charge in [-0.1, -0.05) is 44.2 Å². The Hall–Kier alpha value is -0.900. The van der Waals surface area contributed by atoms with E-state index in [4.69, 9.17) is 4.74 Å². The first-order valence-electron chi connectivity index (χ1n) is 6.91. The van der Waals surface area contributed by atoms with Crippen LogP contribution >= 0.6 is 0 Å². The second-order valence-electron chi connectivity index (χ2n) is 5.71. The molecule has 1 aromatic rings. The van der Waals surface area contributed by atoms with Crippen LogP contribution in [0.1, 0.15) is 25.6 Å². The van der Waals surface area contributed by atoms with E-state index in [1.807, 2.05) is 0 Å². The fourth-order valence-electron chi connectivity index (χ4n) is 2.94. The van der Waals surface area contributed by atoms with E-state index < -0.39 is 0 Å². The second kappa shape index (κ2) is 5.00. The molecule has 2 aliphatic rings. The van der Waals surface area contributed by atoms with Gasteiger partial charge in [0.2, 0.25) is 0 Å². The van der Waals surface area contributed by atoms with Gasteiger partial charge >= 0.3 is 0 Å². The van der Waals surface area contributed by atoms with Crippen LogP contribution in [0.4, 0.5) is 0 Å². The molecule has 2 saturated heterocycles. The van der Waals surface area contributed by atoms with E-state index in [2.05, 4.69) is 54.4 Å². The summed E-state index contributed by atoms with van der Waals surface area (Å²) < 4.78 is 6.00. The van der Waals surface area contributed by atoms with Gasteiger partial charge in [-0.3, -0.25) is 4.90 Å². The van der Waals surface area contributed by atoms with E-state index >= 15 is 0 Å². The zero-order valence-electron chi connectivity index (χ0n) is 11.2. The standard InChI is InChI=1S/C15H22N2O/c1-11(2)14-9-17-13(8-16-14)10-18-15(17)12-6-4-3-5-7-12/h3-7,11,13-16H,8-10H2,1-2H3/t13-,14+,15?/m0/s1. The molecule has 2 fully saturated rings. The van der Waals surface area contributed by atoms with Crippen LogP contribution in [0.15, 0.2) is 30.3 Å². The van der Waals surface area contributed by atoms with Crippen molar-refractivity contribution in [3.05, 3.63) is 35.9 Å². The number of rotatable bonds is 2. The average Bonchev–Trinajstić information content (AvgIpc) is 2.82. The third-order valence-corrected chi connectivity index (χ3v) is 4.13. The molecule has 1 aromatic carbocycles. The number of nitrogens with zero attached hydrogens (tertiary/aromatic N) is 1. The fourth-order valence-corrected chi connectivity index (χ4v) is 2.94. The number of ether oxygens (including phenoxy) is 1. The van der Waals surface area contributed by atoms with Crippen LogP contribution in [-0.4, -0.2) is 36.7 Å². The van der Waals surface area contributed by atoms with Gasteiger partial charge in [0.05, 0.1) is 6.61 Å². The van der Waals surface area contributed by atoms with E-state index in [9.17, 15) is 0 Å². The molecule has 2 aliphatic heterocycles. The van der Waals surface area contributed by atoms with Crippen molar-refractivity contribution < 1.29 is 4.74 Å². The fraction of sp³-hybridized carbons (Fsp3) is 0.600. The van der Waals surface area contributed by atoms with E-state index in [1.54, 1.807) is 0 Å². The Kier molecular flexibility index (Phi) is 3.37. The number of benzene rings is 1. The Morgan fingerprint density at radius 1 is 1.28 bits per heavy atom. The van der Waals surface area contributed by atoms with E-state index in [-0.39, 0.29) is 6.23 Å². The van der Waals surface area contributed by atoms with E-state index in [1.165, 1.54) is 5.56 Å². The molecule has 98 valence electrons. The van der Waals surface area contributed by atoms with Crippen molar-refractivity contribution in [2.45, 2.75) is 32.2 Å². The van der Waals surface area contributed by atoms with Crippen LogP contribution in [0.3, 0.4) is 0 Å². The highest BCUT2D eigenvalue weighted by molar-refractivity contribution is 5.19. The highest BCUT2D eigenvalue weighted by atomic mass is 16.5. The summed E-state index contributed by atoms with van der Waals surface area (Å²) in [5, 5.41) is 3.64. The maximum Gasteiger partial charge on any atom is 0.137 e. The Morgan fingerprint density at radius 3 is 2.78 bits per heavy atom. The van der Waals surface area contributed by atoms with Gasteiger partial charge in [-0.25, -0.2) is 0 Å². The van der Waals surface area contributed by atoms with Gasteiger partial charge in [0.25, 0.3) is 0 Å². The van der Waals surface area contributed by atoms with Crippen molar-refractivity contribution in [1.29, 1.82) is 0 Å². The summed E-state index contributed by atoms with van der Waals surface area (Å²) in [7, 11) is 0. The molecule has 0 bridgehead atoms. The first-order chi connectivity index (χ1) is 8.75. The highest BCUT2D eigenvalue weighted by Crippen LogP contribution is 2.32. The van der Waals surface area contributed by atoms with Crippen molar-refractivity contribution in [2.24, 2.45) is 5.92 Å². The molecule has 0 radical (unpaired) electrons. The molecule has 0 saturated carbocycles. The summed E-state index contributed by atoms with van der Waals surface area (Å²) in [6.45, 7) is 7.55. The summed E-state index contributed by atoms with van der Waals surface area (Å²) in [5.74, 6) is 0.669. The van der Waals surface area contributed by atoms with Gasteiger partial charge in [-0.15, -0.1) is 0 Å². The van der Waals surface area contributed by atoms with Crippen molar-refractivity contribution in [3.63, 3.8) is 0 Å². The molecule has 0 amide bonds. The van der Waals surface area contributed by atoms with Crippen LogP contribution < -0.4 is 5.32 Å². The predicted molar refractivity (Wildman–Crippen MR) is 72.3 cm³/mol. The second-order valence-corrected chi connectivity index (χ2v) is 5.71. The molecule has 3 nitrogen and oxygen atoms in total. The lowest BCUT2D eigenvalue weighted by molar-refractivity contribution is 0.0139. The molecular formula is C15H22N2O. The summed E-state index contributed by atoms with van der Waals surface area (Å²) in [6.07, 6.45) is 0.152. The Morgan fingerprint density at radius 2 is 2.06 bits per heavy atom. The predicted octanol–water partition coefficient (Wildman–Crippen LogP) is 2.01. The molecule has 0 spiro atoms. The molecule has 3 heteroatoms. The van der Waals surface area contributed by atoms with Gasteiger partial charge in [-0.2, -0.15) is 0 Å². The topological polar surface area (TPSA) is 24.5 Å². The SMILES string of the molecule is CC(C)[C@H]1CN2C(c3ccccc3)OC[C@@H]2CN1. The zero-order chi connectivity index (χ0) is 12.5. The summed E-state index contributed by atoms with van der Waals surface area (Å²) >= 11 is 0. The lowest BCUT2D eigenvalue weighted by atomic mass is 9.99. The third-order valence-electron chi connectivity index (χ3n) is 4.13. The van der Waals surface area contributed by atoms with Crippen molar-refractivity contribution in [3.8, 4) is 0 Å². The van der Waals surface area contributed by atoms with Crippen LogP contribution in [0.25, 0.3) is 0 Å². The highest BCUT2D eigenvalue weighted by Gasteiger charge is 2.39. The average molecular weight is 246 g/mol. The number of fused-ring (bicyclic) bond motifs is 1. The quantitative estimate of drug-likeness (QED) is 0.864. The third kappa shape index (κ3) is 2.18. The molecule has 18 heavy (non-hydrogen) atoms. The van der Waals surface area contributed by atoms with Gasteiger partial charge < -0.3 is 10.1 Å². The van der Waals surface area contributed by atoms with Crippen molar-refractivity contribution >= 4 is 0 Å². The molecule has 1 unspecified atom stereocenters. The van der Waals surface area contributed by atoms with Crippen LogP contribution in [0.2, 0.25) is 0 Å². The summed E-state index contributed by atoms with van der Waals surface area (Å²) in [5.41, 5.74) is 1.28. The van der Waals surface area contributed by atoms with Crippen LogP contribution in [0.5, 0.6) is 0 Å². The van der Waals surface area contributed by atoms with E-state index in [0.717, 1.165) is 19.7 Å². The minimum Gasteiger partial charge on any atom is -0.357 e. The molecule has 1 N–H and O–H groups in total. The smallest absolute Gasteiger partial charge is 0.137 e. The first kappa shape index (κ1) is 12.2. The monoisotopic (exact) mass is 246 g/mol. The molecular weight excluding hydrogens is 224 g/mol. The molecule has 3 rings (SSSR count). The normalized spacial score (nSPS) is 32.7. The largest absolute Gasteiger partial charge is 0.357 e. The molecule has 0 aliphatic carbocycles. The first-order valence-corrected chi connectivity index (χ1v) is 6.91. The number of hydrogen-bond donors (Lipinski definition) is 1. The number of piperazine rings is 1. The number of hydrogen-bond acceptors (Lipinski definition) is 3. The molecule has 0 aromatic heterocycles. The minimum atomic E-state index is 0.152. The minimum absolute atomic E-state index is 0.152. The van der Waals surface area contributed by atoms with Crippen molar-refractivity contribution in [2.75, 3.05) is 19.7 Å². The summed E-state index contributed by atoms with van der Waals surface area (Å²) in [4.78, 5) is 2.52. The van der Waals surface area contributed by atoms with Gasteiger partial charge in [0.15, 0.2) is 0 Å². The Balaban J connectivity index is 1.78. The molecule has 2 heterocycles. The maximum atomic E-state index is 6.00. The maximum absolute atomic E-state index is 6.00. The van der Waals surface area contributed by atoms with Gasteiger partial charge in [0, 0.05) is 25.2 Å². The zero-order valence-corrected chi connectivity index (χ0v) is 11.2. The Labute approximate surface area is 109 Å². The van der Waals surface area contributed by atoms with Crippen LogP contribution in [-0.2, 0) is 4.74 Å². The summed E-state index contributed by atoms with van der Waals surface area (Å²) in [6, 6.07) is 11.7. The van der Waals surface area contributed by atoms with Gasteiger partial charge in [0.1, 0.15) is 6.23 Å². The lowest BCUT2D eigenvalue weighted by Crippen LogP contribution is -2.56. The van der Waals surface area contributed by atoms with Crippen molar-refractivity contribution in [1.82, 2.24) is 10.2 Å². The van der Waals surface area contributed by atoms with Crippen LogP contribution in [0, 0.1) is 5.92 Å². The number of nitrogens with one attached hydrogen (secondary N) is 1. The van der Waals surface area contributed by atoms with E-state index in [0.29, 0.717) is 18.0 Å². The van der Waals surface area contributed by atoms with Gasteiger partial charge in [-0.05, 0) is 11.5 Å².